The highest BCUT2D eigenvalue weighted by Gasteiger charge is 2.13. The van der Waals surface area contributed by atoms with Crippen LogP contribution in [0, 0.1) is 13.8 Å². The molecule has 1 aromatic carbocycles. The maximum Gasteiger partial charge on any atom is 0.129 e. The molecular formula is C23H26N4O. The molecule has 1 N–H and O–H groups in total. The second-order valence-corrected chi connectivity index (χ2v) is 7.15. The lowest BCUT2D eigenvalue weighted by Crippen LogP contribution is -2.43. The van der Waals surface area contributed by atoms with E-state index < -0.39 is 0 Å². The molecule has 0 unspecified atom stereocenters. The number of ether oxygens (including phenoxy) is 1. The van der Waals surface area contributed by atoms with Crippen LogP contribution in [-0.4, -0.2) is 36.1 Å². The van der Waals surface area contributed by atoms with Gasteiger partial charge in [0.15, 0.2) is 0 Å². The number of hydrogen-bond acceptors (Lipinski definition) is 5. The summed E-state index contributed by atoms with van der Waals surface area (Å²) in [5.74, 6) is 1.92. The monoisotopic (exact) mass is 374 g/mol. The van der Waals surface area contributed by atoms with Crippen molar-refractivity contribution in [2.45, 2.75) is 20.5 Å². The first-order valence-corrected chi connectivity index (χ1v) is 9.77. The molecule has 144 valence electrons. The molecule has 0 atom stereocenters. The summed E-state index contributed by atoms with van der Waals surface area (Å²) in [6, 6.07) is 14.5. The van der Waals surface area contributed by atoms with Crippen molar-refractivity contribution in [1.29, 1.82) is 0 Å². The van der Waals surface area contributed by atoms with E-state index in [2.05, 4.69) is 57.4 Å². The van der Waals surface area contributed by atoms with Gasteiger partial charge in [-0.05, 0) is 60.9 Å². The van der Waals surface area contributed by atoms with Gasteiger partial charge >= 0.3 is 0 Å². The molecule has 5 heteroatoms. The highest BCUT2D eigenvalue weighted by molar-refractivity contribution is 5.70. The number of aryl methyl sites for hydroxylation is 2. The summed E-state index contributed by atoms with van der Waals surface area (Å²) >= 11 is 0. The number of aromatic nitrogens is 2. The molecule has 1 aliphatic rings. The molecule has 4 rings (SSSR count). The number of anilines is 1. The molecule has 0 saturated carbocycles. The Hall–Kier alpha value is -2.92. The molecule has 3 heterocycles. The molecule has 0 bridgehead atoms. The fraction of sp³-hybridized carbons (Fsp3) is 0.304. The van der Waals surface area contributed by atoms with Crippen LogP contribution in [0.2, 0.25) is 0 Å². The molecule has 1 aliphatic heterocycles. The van der Waals surface area contributed by atoms with Crippen molar-refractivity contribution >= 4 is 5.82 Å². The van der Waals surface area contributed by atoms with Crippen LogP contribution >= 0.6 is 0 Å². The summed E-state index contributed by atoms with van der Waals surface area (Å²) in [5, 5.41) is 3.39. The Labute approximate surface area is 166 Å². The average Bonchev–Trinajstić information content (AvgIpc) is 2.74. The van der Waals surface area contributed by atoms with E-state index in [0.717, 1.165) is 49.0 Å². The van der Waals surface area contributed by atoms with Gasteiger partial charge in [0, 0.05) is 49.8 Å². The summed E-state index contributed by atoms with van der Waals surface area (Å²) in [6.07, 6.45) is 3.71. The minimum absolute atomic E-state index is 0.529. The third-order valence-electron chi connectivity index (χ3n) is 5.21. The van der Waals surface area contributed by atoms with Crippen LogP contribution in [-0.2, 0) is 6.61 Å². The topological polar surface area (TPSA) is 50.3 Å². The fourth-order valence-corrected chi connectivity index (χ4v) is 3.53. The van der Waals surface area contributed by atoms with E-state index in [4.69, 9.17) is 4.74 Å². The standard InChI is InChI=1S/C23H26N4O/c1-17-14-21(28-16-20-4-3-8-25-18(20)2)5-6-22(17)19-7-9-26-23(15-19)27-12-10-24-11-13-27/h3-9,14-15,24H,10-13,16H2,1-2H3. The zero-order valence-corrected chi connectivity index (χ0v) is 16.5. The molecular weight excluding hydrogens is 348 g/mol. The van der Waals surface area contributed by atoms with E-state index in [9.17, 15) is 0 Å². The van der Waals surface area contributed by atoms with Crippen molar-refractivity contribution in [3.8, 4) is 16.9 Å². The Balaban J connectivity index is 1.51. The first kappa shape index (κ1) is 18.4. The van der Waals surface area contributed by atoms with E-state index in [1.165, 1.54) is 16.7 Å². The van der Waals surface area contributed by atoms with Gasteiger partial charge in [-0.2, -0.15) is 0 Å². The van der Waals surface area contributed by atoms with E-state index in [1.54, 1.807) is 6.20 Å². The van der Waals surface area contributed by atoms with Crippen LogP contribution < -0.4 is 15.0 Å². The van der Waals surface area contributed by atoms with Gasteiger partial charge < -0.3 is 15.0 Å². The third-order valence-corrected chi connectivity index (χ3v) is 5.21. The van der Waals surface area contributed by atoms with Crippen molar-refractivity contribution in [2.24, 2.45) is 0 Å². The summed E-state index contributed by atoms with van der Waals surface area (Å²) in [4.78, 5) is 11.2. The van der Waals surface area contributed by atoms with Crippen LogP contribution in [0.15, 0.2) is 54.9 Å². The molecule has 3 aromatic rings. The van der Waals surface area contributed by atoms with Gasteiger partial charge in [-0.25, -0.2) is 4.98 Å². The summed E-state index contributed by atoms with van der Waals surface area (Å²) in [6.45, 7) is 8.67. The van der Waals surface area contributed by atoms with Crippen LogP contribution in [0.4, 0.5) is 5.82 Å². The second-order valence-electron chi connectivity index (χ2n) is 7.15. The lowest BCUT2D eigenvalue weighted by atomic mass is 10.0. The number of nitrogens with one attached hydrogen (secondary N) is 1. The van der Waals surface area contributed by atoms with Gasteiger partial charge in [0.05, 0.1) is 0 Å². The highest BCUT2D eigenvalue weighted by atomic mass is 16.5. The maximum atomic E-state index is 6.00. The van der Waals surface area contributed by atoms with Crippen LogP contribution in [0.3, 0.4) is 0 Å². The largest absolute Gasteiger partial charge is 0.489 e. The van der Waals surface area contributed by atoms with Crippen LogP contribution in [0.5, 0.6) is 5.75 Å². The maximum absolute atomic E-state index is 6.00. The van der Waals surface area contributed by atoms with E-state index >= 15 is 0 Å². The van der Waals surface area contributed by atoms with Gasteiger partial charge in [-0.1, -0.05) is 12.1 Å². The normalized spacial score (nSPS) is 14.1. The van der Waals surface area contributed by atoms with Gasteiger partial charge in [-0.3, -0.25) is 4.98 Å². The number of benzene rings is 1. The minimum Gasteiger partial charge on any atom is -0.489 e. The van der Waals surface area contributed by atoms with Gasteiger partial charge in [0.2, 0.25) is 0 Å². The molecule has 1 fully saturated rings. The summed E-state index contributed by atoms with van der Waals surface area (Å²) in [5.41, 5.74) is 5.71. The molecule has 28 heavy (non-hydrogen) atoms. The van der Waals surface area contributed by atoms with E-state index in [1.807, 2.05) is 25.3 Å². The second kappa shape index (κ2) is 8.40. The lowest BCUT2D eigenvalue weighted by molar-refractivity contribution is 0.304. The van der Waals surface area contributed by atoms with E-state index in [-0.39, 0.29) is 0 Å². The number of piperazine rings is 1. The van der Waals surface area contributed by atoms with Crippen LogP contribution in [0.1, 0.15) is 16.8 Å². The van der Waals surface area contributed by atoms with Gasteiger partial charge in [0.25, 0.3) is 0 Å². The number of pyridine rings is 2. The molecule has 0 radical (unpaired) electrons. The average molecular weight is 374 g/mol. The Morgan fingerprint density at radius 1 is 1.00 bits per heavy atom. The predicted octanol–water partition coefficient (Wildman–Crippen LogP) is 3.75. The van der Waals surface area contributed by atoms with Crippen molar-refractivity contribution < 1.29 is 4.74 Å². The lowest BCUT2D eigenvalue weighted by Gasteiger charge is -2.28. The minimum atomic E-state index is 0.529. The Bertz CT molecular complexity index is 951. The first-order valence-electron chi connectivity index (χ1n) is 9.77. The summed E-state index contributed by atoms with van der Waals surface area (Å²) < 4.78 is 6.00. The SMILES string of the molecule is Cc1cc(OCc2cccnc2C)ccc1-c1ccnc(N2CCNCC2)c1. The first-order chi connectivity index (χ1) is 13.7. The van der Waals surface area contributed by atoms with Crippen LogP contribution in [0.25, 0.3) is 11.1 Å². The highest BCUT2D eigenvalue weighted by Crippen LogP contribution is 2.29. The summed E-state index contributed by atoms with van der Waals surface area (Å²) in [7, 11) is 0. The smallest absolute Gasteiger partial charge is 0.129 e. The van der Waals surface area contributed by atoms with Gasteiger partial charge in [-0.15, -0.1) is 0 Å². The molecule has 2 aromatic heterocycles. The fourth-order valence-electron chi connectivity index (χ4n) is 3.53. The van der Waals surface area contributed by atoms with Crippen molar-refractivity contribution in [2.75, 3.05) is 31.1 Å². The quantitative estimate of drug-likeness (QED) is 0.737. The predicted molar refractivity (Wildman–Crippen MR) is 113 cm³/mol. The number of hydrogen-bond donors (Lipinski definition) is 1. The number of rotatable bonds is 5. The Morgan fingerprint density at radius 2 is 1.86 bits per heavy atom. The van der Waals surface area contributed by atoms with Crippen molar-refractivity contribution in [3.63, 3.8) is 0 Å². The zero-order valence-electron chi connectivity index (χ0n) is 16.5. The van der Waals surface area contributed by atoms with E-state index in [0.29, 0.717) is 6.61 Å². The Morgan fingerprint density at radius 3 is 2.64 bits per heavy atom. The van der Waals surface area contributed by atoms with Crippen molar-refractivity contribution in [3.05, 3.63) is 71.7 Å². The zero-order chi connectivity index (χ0) is 19.3. The van der Waals surface area contributed by atoms with Crippen molar-refractivity contribution in [1.82, 2.24) is 15.3 Å². The van der Waals surface area contributed by atoms with Gasteiger partial charge in [0.1, 0.15) is 18.2 Å². The molecule has 0 amide bonds. The molecule has 0 aliphatic carbocycles. The number of nitrogens with zero attached hydrogens (tertiary/aromatic N) is 3. The molecule has 0 spiro atoms. The Kier molecular flexibility index (Phi) is 5.53. The molecule has 1 saturated heterocycles. The third kappa shape index (κ3) is 4.15. The molecule has 5 nitrogen and oxygen atoms in total.